The van der Waals surface area contributed by atoms with Gasteiger partial charge in [0.15, 0.2) is 0 Å². The molecule has 4 nitrogen and oxygen atoms in total. The molecule has 2 aliphatic rings. The molecule has 30 heavy (non-hydrogen) atoms. The normalized spacial score (nSPS) is 23.6. The van der Waals surface area contributed by atoms with E-state index in [4.69, 9.17) is 9.47 Å². The van der Waals surface area contributed by atoms with E-state index < -0.39 is 0 Å². The Morgan fingerprint density at radius 1 is 0.600 bits per heavy atom. The topological polar surface area (TPSA) is 43.2 Å². The van der Waals surface area contributed by atoms with Gasteiger partial charge in [0.2, 0.25) is 0 Å². The Bertz CT molecular complexity index is 489. The van der Waals surface area contributed by atoms with Crippen molar-refractivity contribution in [3.63, 3.8) is 0 Å². The van der Waals surface area contributed by atoms with Crippen LogP contribution in [0.1, 0.15) is 83.1 Å². The zero-order chi connectivity index (χ0) is 23.9. The SMILES string of the molecule is CC(C)[C@H]1N=[C-]OC1(C(C)C)C(C)C.CC(C)[C@H]1N=[C-]OC1(C(C)C)C(C)C.[CH2]=[Ni]. The summed E-state index contributed by atoms with van der Waals surface area (Å²) in [5.74, 6) is 2.88. The summed E-state index contributed by atoms with van der Waals surface area (Å²) in [6.07, 6.45) is 5.46. The van der Waals surface area contributed by atoms with Crippen LogP contribution < -0.4 is 0 Å². The molecule has 2 aliphatic heterocycles. The monoisotopic (exact) mass is 464 g/mol. The van der Waals surface area contributed by atoms with Gasteiger partial charge in [0.1, 0.15) is 0 Å². The van der Waals surface area contributed by atoms with Gasteiger partial charge < -0.3 is 19.5 Å². The van der Waals surface area contributed by atoms with Crippen LogP contribution in [0, 0.1) is 35.5 Å². The molecule has 0 bridgehead atoms. The average Bonchev–Trinajstić information content (AvgIpc) is 3.30. The third kappa shape index (κ3) is 5.75. The maximum absolute atomic E-state index is 5.72. The third-order valence-electron chi connectivity index (χ3n) is 6.63. The molecule has 0 spiro atoms. The number of ether oxygens (including phenoxy) is 2. The Labute approximate surface area is 194 Å². The quantitative estimate of drug-likeness (QED) is 0.359. The standard InChI is InChI=1S/2C12H22NO.CH2.Ni/c2*1-8(2)11-12(9(3)4,10(5)6)14-7-13-11;;/h2*8-11H,1-6H3;1H2;/q2*-1;;/t2*11-;;/m11../s1. The van der Waals surface area contributed by atoms with Gasteiger partial charge in [-0.15, -0.1) is 0 Å². The molecule has 0 N–H and O–H groups in total. The third-order valence-corrected chi connectivity index (χ3v) is 6.63. The van der Waals surface area contributed by atoms with Gasteiger partial charge in [-0.25, -0.2) is 12.8 Å². The van der Waals surface area contributed by atoms with Crippen LogP contribution in [0.4, 0.5) is 0 Å². The van der Waals surface area contributed by atoms with Gasteiger partial charge in [-0.2, -0.15) is 0 Å². The van der Waals surface area contributed by atoms with Crippen LogP contribution in [0.2, 0.25) is 0 Å². The number of aliphatic imine (C=N–C) groups is 2. The Kier molecular flexibility index (Phi) is 12.1. The molecule has 2 atom stereocenters. The molecule has 0 saturated heterocycles. The van der Waals surface area contributed by atoms with Crippen molar-refractivity contribution in [1.82, 2.24) is 0 Å². The summed E-state index contributed by atoms with van der Waals surface area (Å²) in [6.45, 7) is 26.4. The molecule has 0 fully saturated rings. The van der Waals surface area contributed by atoms with E-state index in [1.165, 1.54) is 0 Å². The van der Waals surface area contributed by atoms with Crippen LogP contribution >= 0.6 is 0 Å². The van der Waals surface area contributed by atoms with E-state index in [-0.39, 0.29) is 23.3 Å². The summed E-state index contributed by atoms with van der Waals surface area (Å²) >= 11 is 3.62. The summed E-state index contributed by atoms with van der Waals surface area (Å²) in [5.41, 5.74) is 2.59. The second-order valence-corrected chi connectivity index (χ2v) is 10.3. The van der Waals surface area contributed by atoms with Gasteiger partial charge >= 0.3 is 20.5 Å². The van der Waals surface area contributed by atoms with Gasteiger partial charge in [0, 0.05) is 0 Å². The second-order valence-electron chi connectivity index (χ2n) is 10.3. The molecule has 2 rings (SSSR count). The van der Waals surface area contributed by atoms with Crippen molar-refractivity contribution >= 4 is 18.3 Å². The molecule has 180 valence electrons. The summed E-state index contributed by atoms with van der Waals surface area (Å²) in [7, 11) is 0. The van der Waals surface area contributed by atoms with Crippen LogP contribution in [-0.4, -0.2) is 41.6 Å². The van der Waals surface area contributed by atoms with E-state index in [0.29, 0.717) is 35.5 Å². The second kappa shape index (κ2) is 12.4. The number of hydrogen-bond donors (Lipinski definition) is 0. The van der Waals surface area contributed by atoms with Gasteiger partial charge in [-0.3, -0.25) is 0 Å². The van der Waals surface area contributed by atoms with Crippen molar-refractivity contribution in [2.24, 2.45) is 45.5 Å². The summed E-state index contributed by atoms with van der Waals surface area (Å²) < 4.78 is 11.4. The molecule has 0 aliphatic carbocycles. The van der Waals surface area contributed by atoms with Gasteiger partial charge in [0.05, 0.1) is 23.3 Å². The van der Waals surface area contributed by atoms with E-state index in [1.807, 2.05) is 0 Å². The fourth-order valence-electron chi connectivity index (χ4n) is 5.16. The van der Waals surface area contributed by atoms with Crippen molar-refractivity contribution in [2.75, 3.05) is 0 Å². The fourth-order valence-corrected chi connectivity index (χ4v) is 5.16. The molecule has 2 heterocycles. The van der Waals surface area contributed by atoms with Crippen LogP contribution in [0.3, 0.4) is 0 Å². The van der Waals surface area contributed by atoms with E-state index >= 15 is 0 Å². The van der Waals surface area contributed by atoms with Crippen LogP contribution in [0.15, 0.2) is 9.98 Å². The molecule has 0 aromatic heterocycles. The molecule has 0 amide bonds. The number of hydrogen-bond acceptors (Lipinski definition) is 4. The zero-order valence-corrected chi connectivity index (χ0v) is 22.3. The predicted octanol–water partition coefficient (Wildman–Crippen LogP) is 5.96. The van der Waals surface area contributed by atoms with Crippen molar-refractivity contribution in [3.05, 3.63) is 0 Å². The van der Waals surface area contributed by atoms with Gasteiger partial charge in [0.25, 0.3) is 0 Å². The van der Waals surface area contributed by atoms with Gasteiger partial charge in [-0.1, -0.05) is 83.1 Å². The number of rotatable bonds is 6. The molecule has 0 aromatic rings. The first kappa shape index (κ1) is 29.3. The Hall–Kier alpha value is -0.696. The Morgan fingerprint density at radius 3 is 0.967 bits per heavy atom. The van der Waals surface area contributed by atoms with Gasteiger partial charge in [-0.05, 0) is 35.5 Å². The Morgan fingerprint density at radius 2 is 0.833 bits per heavy atom. The van der Waals surface area contributed by atoms with Crippen LogP contribution in [0.25, 0.3) is 0 Å². The van der Waals surface area contributed by atoms with E-state index in [2.05, 4.69) is 126 Å². The summed E-state index contributed by atoms with van der Waals surface area (Å²) in [6, 6.07) is 0.505. The molecular formula is C25H46N2NiO2-2. The van der Waals surface area contributed by atoms with Crippen molar-refractivity contribution < 1.29 is 24.5 Å². The van der Waals surface area contributed by atoms with Crippen molar-refractivity contribution in [2.45, 2.75) is 106 Å². The van der Waals surface area contributed by atoms with Crippen molar-refractivity contribution in [3.8, 4) is 0 Å². The van der Waals surface area contributed by atoms with E-state index in [1.54, 1.807) is 0 Å². The minimum atomic E-state index is -0.145. The number of nitrogens with zero attached hydrogens (tertiary/aromatic N) is 2. The molecule has 0 unspecified atom stereocenters. The van der Waals surface area contributed by atoms with Crippen molar-refractivity contribution in [1.29, 1.82) is 0 Å². The Balaban J connectivity index is 0.000000518. The van der Waals surface area contributed by atoms with E-state index in [9.17, 15) is 0 Å². The minimum absolute atomic E-state index is 0.145. The molecule has 0 saturated carbocycles. The van der Waals surface area contributed by atoms with Crippen LogP contribution in [-0.2, 0) is 24.5 Å². The molecular weight excluding hydrogens is 419 g/mol. The summed E-state index contributed by atoms with van der Waals surface area (Å²) in [4.78, 5) is 8.72. The molecule has 5 heteroatoms. The summed E-state index contributed by atoms with van der Waals surface area (Å²) in [5, 5.41) is 0. The molecule has 0 aromatic carbocycles. The fraction of sp³-hybridized carbons (Fsp3) is 0.880. The average molecular weight is 465 g/mol. The van der Waals surface area contributed by atoms with E-state index in [0.717, 1.165) is 0 Å². The van der Waals surface area contributed by atoms with Crippen LogP contribution in [0.5, 0.6) is 0 Å². The predicted molar refractivity (Wildman–Crippen MR) is 126 cm³/mol. The maximum atomic E-state index is 5.72. The first-order valence-electron chi connectivity index (χ1n) is 11.3. The first-order valence-corrected chi connectivity index (χ1v) is 12.0. The molecule has 0 radical (unpaired) electrons. The first-order chi connectivity index (χ1) is 13.9. The zero-order valence-electron chi connectivity index (χ0n) is 21.4.